The maximum absolute atomic E-state index is 11.8. The van der Waals surface area contributed by atoms with Gasteiger partial charge in [0, 0.05) is 26.2 Å². The number of hydrogen-bond acceptors (Lipinski definition) is 3. The van der Waals surface area contributed by atoms with Crippen molar-refractivity contribution in [3.8, 4) is 0 Å². The highest BCUT2D eigenvalue weighted by molar-refractivity contribution is 5.77. The molecule has 4 nitrogen and oxygen atoms in total. The van der Waals surface area contributed by atoms with Crippen LogP contribution in [-0.4, -0.2) is 61.5 Å². The van der Waals surface area contributed by atoms with Crippen LogP contribution in [-0.2, 0) is 4.79 Å². The van der Waals surface area contributed by atoms with Crippen molar-refractivity contribution >= 4 is 5.91 Å². The number of rotatable bonds is 5. The van der Waals surface area contributed by atoms with Gasteiger partial charge in [0.05, 0.1) is 6.54 Å². The van der Waals surface area contributed by atoms with E-state index in [0.29, 0.717) is 12.6 Å². The lowest BCUT2D eigenvalue weighted by atomic mass is 10.2. The van der Waals surface area contributed by atoms with Gasteiger partial charge in [-0.05, 0) is 26.4 Å². The van der Waals surface area contributed by atoms with E-state index in [9.17, 15) is 4.79 Å². The van der Waals surface area contributed by atoms with Crippen LogP contribution in [0.4, 0.5) is 0 Å². The molecule has 1 heterocycles. The molecule has 0 saturated carbocycles. The molecular formula is C11H23N3O. The predicted molar refractivity (Wildman–Crippen MR) is 61.8 cm³/mol. The Hall–Kier alpha value is -0.610. The Kier molecular flexibility index (Phi) is 5.05. The third kappa shape index (κ3) is 3.47. The Labute approximate surface area is 92.6 Å². The van der Waals surface area contributed by atoms with Crippen LogP contribution in [0.15, 0.2) is 0 Å². The number of nitrogens with one attached hydrogen (secondary N) is 1. The quantitative estimate of drug-likeness (QED) is 0.706. The highest BCUT2D eigenvalue weighted by Crippen LogP contribution is 2.08. The fourth-order valence-electron chi connectivity index (χ4n) is 1.92. The first-order valence-corrected chi connectivity index (χ1v) is 5.87. The molecule has 0 bridgehead atoms. The van der Waals surface area contributed by atoms with Gasteiger partial charge in [0.15, 0.2) is 0 Å². The van der Waals surface area contributed by atoms with E-state index < -0.39 is 0 Å². The molecule has 1 atom stereocenters. The van der Waals surface area contributed by atoms with Crippen molar-refractivity contribution in [2.75, 3.05) is 39.8 Å². The van der Waals surface area contributed by atoms with Gasteiger partial charge in [-0.3, -0.25) is 9.69 Å². The number of amides is 1. The van der Waals surface area contributed by atoms with Gasteiger partial charge in [-0.15, -0.1) is 0 Å². The first-order chi connectivity index (χ1) is 7.19. The molecule has 4 heteroatoms. The van der Waals surface area contributed by atoms with Gasteiger partial charge >= 0.3 is 0 Å². The Balaban J connectivity index is 2.41. The average Bonchev–Trinajstić information content (AvgIpc) is 2.77. The fraction of sp³-hybridized carbons (Fsp3) is 0.909. The van der Waals surface area contributed by atoms with E-state index in [1.54, 1.807) is 4.90 Å². The highest BCUT2D eigenvalue weighted by atomic mass is 16.2. The topological polar surface area (TPSA) is 35.6 Å². The van der Waals surface area contributed by atoms with E-state index >= 15 is 0 Å². The zero-order chi connectivity index (χ0) is 11.3. The first kappa shape index (κ1) is 12.5. The van der Waals surface area contributed by atoms with Gasteiger partial charge in [-0.25, -0.2) is 0 Å². The molecule has 1 saturated heterocycles. The summed E-state index contributed by atoms with van der Waals surface area (Å²) in [6.45, 7) is 8.54. The molecule has 1 N–H and O–H groups in total. The Morgan fingerprint density at radius 1 is 1.40 bits per heavy atom. The normalized spacial score (nSPS) is 20.9. The summed E-state index contributed by atoms with van der Waals surface area (Å²) < 4.78 is 0. The van der Waals surface area contributed by atoms with E-state index in [2.05, 4.69) is 17.1 Å². The molecule has 0 aromatic carbocycles. The first-order valence-electron chi connectivity index (χ1n) is 5.87. The third-order valence-electron chi connectivity index (χ3n) is 3.20. The van der Waals surface area contributed by atoms with E-state index in [0.717, 1.165) is 32.6 Å². The van der Waals surface area contributed by atoms with Crippen molar-refractivity contribution in [2.45, 2.75) is 26.3 Å². The van der Waals surface area contributed by atoms with Crippen LogP contribution in [0.25, 0.3) is 0 Å². The van der Waals surface area contributed by atoms with Crippen LogP contribution < -0.4 is 5.32 Å². The van der Waals surface area contributed by atoms with Crippen LogP contribution in [0.2, 0.25) is 0 Å². The van der Waals surface area contributed by atoms with Crippen LogP contribution in [0.1, 0.15) is 20.3 Å². The smallest absolute Gasteiger partial charge is 0.236 e. The minimum Gasteiger partial charge on any atom is -0.345 e. The SMILES string of the molecule is CCN(C)C(=O)CN(CC)C1CCNC1. The molecule has 0 aromatic rings. The van der Waals surface area contributed by atoms with Crippen molar-refractivity contribution in [2.24, 2.45) is 0 Å². The molecule has 1 unspecified atom stereocenters. The summed E-state index contributed by atoms with van der Waals surface area (Å²) in [6, 6.07) is 0.546. The van der Waals surface area contributed by atoms with E-state index in [4.69, 9.17) is 0 Å². The van der Waals surface area contributed by atoms with E-state index in [1.165, 1.54) is 0 Å². The second-order valence-electron chi connectivity index (χ2n) is 4.12. The lowest BCUT2D eigenvalue weighted by molar-refractivity contribution is -0.131. The number of carbonyl (C=O) groups is 1. The summed E-state index contributed by atoms with van der Waals surface area (Å²) in [4.78, 5) is 15.8. The van der Waals surface area contributed by atoms with Crippen molar-refractivity contribution in [3.05, 3.63) is 0 Å². The van der Waals surface area contributed by atoms with E-state index in [1.807, 2.05) is 14.0 Å². The zero-order valence-electron chi connectivity index (χ0n) is 10.1. The average molecular weight is 213 g/mol. The predicted octanol–water partition coefficient (Wildman–Crippen LogP) is 0.149. The molecule has 0 spiro atoms. The zero-order valence-corrected chi connectivity index (χ0v) is 10.1. The van der Waals surface area contributed by atoms with Crippen LogP contribution in [0.5, 0.6) is 0 Å². The van der Waals surface area contributed by atoms with Gasteiger partial charge < -0.3 is 10.2 Å². The second kappa shape index (κ2) is 6.08. The molecule has 1 rings (SSSR count). The summed E-state index contributed by atoms with van der Waals surface area (Å²) in [7, 11) is 1.86. The number of carbonyl (C=O) groups excluding carboxylic acids is 1. The monoisotopic (exact) mass is 213 g/mol. The molecule has 0 aliphatic carbocycles. The molecule has 15 heavy (non-hydrogen) atoms. The largest absolute Gasteiger partial charge is 0.345 e. The molecule has 1 aliphatic rings. The molecule has 1 amide bonds. The van der Waals surface area contributed by atoms with Crippen molar-refractivity contribution in [1.82, 2.24) is 15.1 Å². The molecule has 1 aliphatic heterocycles. The lowest BCUT2D eigenvalue weighted by Gasteiger charge is -2.28. The van der Waals surface area contributed by atoms with Crippen LogP contribution in [0, 0.1) is 0 Å². The van der Waals surface area contributed by atoms with Crippen molar-refractivity contribution in [3.63, 3.8) is 0 Å². The molecule has 1 fully saturated rings. The number of nitrogens with zero attached hydrogens (tertiary/aromatic N) is 2. The van der Waals surface area contributed by atoms with Gasteiger partial charge in [0.2, 0.25) is 5.91 Å². The minimum atomic E-state index is 0.228. The summed E-state index contributed by atoms with van der Waals surface area (Å²) in [5.74, 6) is 0.228. The van der Waals surface area contributed by atoms with Crippen LogP contribution in [0.3, 0.4) is 0 Å². The second-order valence-corrected chi connectivity index (χ2v) is 4.12. The van der Waals surface area contributed by atoms with Crippen molar-refractivity contribution in [1.29, 1.82) is 0 Å². The molecule has 0 radical (unpaired) electrons. The molecular weight excluding hydrogens is 190 g/mol. The van der Waals surface area contributed by atoms with Gasteiger partial charge in [0.1, 0.15) is 0 Å². The number of hydrogen-bond donors (Lipinski definition) is 1. The van der Waals surface area contributed by atoms with E-state index in [-0.39, 0.29) is 5.91 Å². The Bertz CT molecular complexity index is 202. The Morgan fingerprint density at radius 2 is 2.13 bits per heavy atom. The maximum Gasteiger partial charge on any atom is 0.236 e. The summed E-state index contributed by atoms with van der Waals surface area (Å²) in [5.41, 5.74) is 0. The summed E-state index contributed by atoms with van der Waals surface area (Å²) >= 11 is 0. The standard InChI is InChI=1S/C11H23N3O/c1-4-13(3)11(15)9-14(5-2)10-6-7-12-8-10/h10,12H,4-9H2,1-3H3. The Morgan fingerprint density at radius 3 is 2.60 bits per heavy atom. The molecule has 88 valence electrons. The van der Waals surface area contributed by atoms with Gasteiger partial charge in [-0.1, -0.05) is 6.92 Å². The van der Waals surface area contributed by atoms with Crippen molar-refractivity contribution < 1.29 is 4.79 Å². The minimum absolute atomic E-state index is 0.228. The lowest BCUT2D eigenvalue weighted by Crippen LogP contribution is -2.44. The number of likely N-dealkylation sites (N-methyl/N-ethyl adjacent to an activating group) is 2. The molecule has 0 aromatic heterocycles. The van der Waals surface area contributed by atoms with Gasteiger partial charge in [0.25, 0.3) is 0 Å². The maximum atomic E-state index is 11.8. The van der Waals surface area contributed by atoms with Gasteiger partial charge in [-0.2, -0.15) is 0 Å². The fourth-order valence-corrected chi connectivity index (χ4v) is 1.92. The summed E-state index contributed by atoms with van der Waals surface area (Å²) in [6.07, 6.45) is 1.16. The highest BCUT2D eigenvalue weighted by Gasteiger charge is 2.23. The van der Waals surface area contributed by atoms with Crippen LogP contribution >= 0.6 is 0 Å². The third-order valence-corrected chi connectivity index (χ3v) is 3.20. The summed E-state index contributed by atoms with van der Waals surface area (Å²) in [5, 5.41) is 3.34.